The van der Waals surface area contributed by atoms with Gasteiger partial charge in [0.1, 0.15) is 19.6 Å². The lowest BCUT2D eigenvalue weighted by atomic mass is 10.4. The van der Waals surface area contributed by atoms with E-state index in [1.165, 1.54) is 14.2 Å². The summed E-state index contributed by atoms with van der Waals surface area (Å²) in [6, 6.07) is 0. The van der Waals surface area contributed by atoms with Gasteiger partial charge in [-0.05, 0) is 16.6 Å². The first-order valence-corrected chi connectivity index (χ1v) is 8.98. The van der Waals surface area contributed by atoms with Gasteiger partial charge in [-0.25, -0.2) is 4.79 Å². The summed E-state index contributed by atoms with van der Waals surface area (Å²) in [5.41, 5.74) is 23.1. The fourth-order valence-corrected chi connectivity index (χ4v) is 1.27. The van der Waals surface area contributed by atoms with Gasteiger partial charge in [-0.1, -0.05) is 22.3 Å². The minimum Gasteiger partial charge on any atom is -0.481 e. The van der Waals surface area contributed by atoms with Gasteiger partial charge in [-0.2, -0.15) is 0 Å². The quantitative estimate of drug-likeness (QED) is 0.163. The van der Waals surface area contributed by atoms with Crippen molar-refractivity contribution >= 4 is 35.7 Å². The Morgan fingerprint density at radius 2 is 1.23 bits per heavy atom. The third-order valence-corrected chi connectivity index (χ3v) is 2.74. The molecule has 35 heavy (non-hydrogen) atoms. The van der Waals surface area contributed by atoms with Crippen LogP contribution in [0.15, 0.2) is 15.3 Å². The molecule has 192 valence electrons. The number of nitrogens with zero attached hydrogens (tertiary/aromatic N) is 10. The number of imide groups is 1. The maximum atomic E-state index is 10.9. The van der Waals surface area contributed by atoms with Crippen molar-refractivity contribution in [1.82, 2.24) is 5.06 Å². The van der Waals surface area contributed by atoms with Crippen molar-refractivity contribution in [2.45, 2.75) is 26.2 Å². The number of methoxy groups -OCH3 is 2. The highest BCUT2D eigenvalue weighted by Crippen LogP contribution is 2.11. The number of carbonyl (C=O) groups is 6. The average Bonchev–Trinajstić information content (AvgIpc) is 3.17. The van der Waals surface area contributed by atoms with Gasteiger partial charge in [0, 0.05) is 34.0 Å². The first-order valence-electron chi connectivity index (χ1n) is 8.98. The largest absolute Gasteiger partial charge is 0.481 e. The van der Waals surface area contributed by atoms with Crippen molar-refractivity contribution in [3.8, 4) is 0 Å². The molecule has 1 aliphatic heterocycles. The second kappa shape index (κ2) is 23.6. The number of carbonyl (C=O) groups excluding carboxylic acids is 5. The van der Waals surface area contributed by atoms with Crippen molar-refractivity contribution in [1.29, 1.82) is 0 Å². The summed E-state index contributed by atoms with van der Waals surface area (Å²) in [4.78, 5) is 73.4. The molecule has 0 unspecified atom stereocenters. The molecule has 0 bridgehead atoms. The molecule has 1 saturated heterocycles. The topological polar surface area (TPSA) is 300 Å². The predicted molar refractivity (Wildman–Crippen MR) is 111 cm³/mol. The van der Waals surface area contributed by atoms with Crippen LogP contribution in [0.1, 0.15) is 26.2 Å². The van der Waals surface area contributed by atoms with E-state index in [1.54, 1.807) is 6.92 Å². The van der Waals surface area contributed by atoms with Gasteiger partial charge in [0.25, 0.3) is 11.8 Å². The third-order valence-electron chi connectivity index (χ3n) is 2.74. The SMILES string of the molecule is CCC(=O)OC.COC(=O)CN=[N+]=[N-].[N-]=[N+]=NCC(=O)O.[N-]=[N+]=NCC(=O)ON1C(=O)CCC1=O. The molecule has 1 fully saturated rings. The molecule has 20 heteroatoms. The van der Waals surface area contributed by atoms with Crippen molar-refractivity contribution < 1.29 is 48.2 Å². The Kier molecular flexibility index (Phi) is 23.3. The molecule has 0 aromatic heterocycles. The molecule has 1 rings (SSSR count). The van der Waals surface area contributed by atoms with Crippen molar-refractivity contribution in [2.24, 2.45) is 15.3 Å². The number of carboxylic acid groups (broad SMARTS) is 1. The van der Waals surface area contributed by atoms with Crippen molar-refractivity contribution in [3.05, 3.63) is 31.3 Å². The number of hydrogen-bond acceptors (Lipinski definition) is 12. The van der Waals surface area contributed by atoms with Crippen LogP contribution < -0.4 is 0 Å². The lowest BCUT2D eigenvalue weighted by Gasteiger charge is -2.10. The minimum atomic E-state index is -1.11. The van der Waals surface area contributed by atoms with Gasteiger partial charge < -0.3 is 19.4 Å². The Morgan fingerprint density at radius 1 is 0.829 bits per heavy atom. The van der Waals surface area contributed by atoms with E-state index >= 15 is 0 Å². The normalized spacial score (nSPS) is 10.4. The highest BCUT2D eigenvalue weighted by atomic mass is 16.7. The first kappa shape index (κ1) is 34.6. The lowest BCUT2D eigenvalue weighted by molar-refractivity contribution is -0.196. The maximum Gasteiger partial charge on any atom is 0.339 e. The smallest absolute Gasteiger partial charge is 0.339 e. The molecule has 1 N–H and O–H groups in total. The molecule has 1 heterocycles. The maximum absolute atomic E-state index is 10.9. The number of esters is 2. The Balaban J connectivity index is -0.000000420. The zero-order valence-electron chi connectivity index (χ0n) is 18.8. The van der Waals surface area contributed by atoms with Crippen LogP contribution in [0.3, 0.4) is 0 Å². The fraction of sp³-hybridized carbons (Fsp3) is 0.600. The molecular weight excluding hydrogens is 480 g/mol. The number of ether oxygens (including phenoxy) is 2. The van der Waals surface area contributed by atoms with E-state index in [1.807, 2.05) is 0 Å². The van der Waals surface area contributed by atoms with Crippen LogP contribution >= 0.6 is 0 Å². The number of hydrogen-bond donors (Lipinski definition) is 1. The van der Waals surface area contributed by atoms with Crippen LogP contribution in [0, 0.1) is 0 Å². The highest BCUT2D eigenvalue weighted by Gasteiger charge is 2.32. The van der Waals surface area contributed by atoms with Gasteiger partial charge in [0.2, 0.25) is 0 Å². The third kappa shape index (κ3) is 23.4. The zero-order chi connectivity index (χ0) is 27.6. The van der Waals surface area contributed by atoms with Crippen LogP contribution in [0.4, 0.5) is 0 Å². The second-order valence-electron chi connectivity index (χ2n) is 5.11. The van der Waals surface area contributed by atoms with E-state index in [4.69, 9.17) is 21.7 Å². The molecule has 20 nitrogen and oxygen atoms in total. The van der Waals surface area contributed by atoms with E-state index in [-0.39, 0.29) is 25.4 Å². The first-order chi connectivity index (χ1) is 16.5. The zero-order valence-corrected chi connectivity index (χ0v) is 18.8. The summed E-state index contributed by atoms with van der Waals surface area (Å²) < 4.78 is 8.41. The number of amides is 2. The Morgan fingerprint density at radius 3 is 1.51 bits per heavy atom. The van der Waals surface area contributed by atoms with Crippen molar-refractivity contribution in [3.63, 3.8) is 0 Å². The number of hydroxylamine groups is 2. The molecule has 0 spiro atoms. The summed E-state index contributed by atoms with van der Waals surface area (Å²) in [7, 11) is 2.61. The molecule has 0 aromatic rings. The molecule has 1 aliphatic rings. The molecule has 0 aromatic carbocycles. The second-order valence-corrected chi connectivity index (χ2v) is 5.11. The Hall–Kier alpha value is -5.05. The fourth-order valence-electron chi connectivity index (χ4n) is 1.27. The summed E-state index contributed by atoms with van der Waals surface area (Å²) in [5.74, 6) is -3.87. The Bertz CT molecular complexity index is 867. The average molecular weight is 502 g/mol. The summed E-state index contributed by atoms with van der Waals surface area (Å²) in [6.45, 7) is 0.503. The summed E-state index contributed by atoms with van der Waals surface area (Å²) in [5, 5.41) is 16.8. The molecule has 0 atom stereocenters. The molecular formula is C15H22N10O10. The number of aliphatic carboxylic acids is 1. The van der Waals surface area contributed by atoms with Crippen LogP contribution in [0.5, 0.6) is 0 Å². The summed E-state index contributed by atoms with van der Waals surface area (Å²) >= 11 is 0. The van der Waals surface area contributed by atoms with E-state index in [9.17, 15) is 28.8 Å². The highest BCUT2D eigenvalue weighted by molar-refractivity contribution is 6.01. The Labute approximate surface area is 196 Å². The molecule has 2 amide bonds. The number of rotatable bonds is 8. The van der Waals surface area contributed by atoms with E-state index in [0.717, 1.165) is 0 Å². The molecule has 0 aliphatic carbocycles. The van der Waals surface area contributed by atoms with Crippen LogP contribution in [0.25, 0.3) is 31.3 Å². The monoisotopic (exact) mass is 502 g/mol. The standard InChI is InChI=1S/C6H6N4O4.C4H8O2.C3H5N3O2.C2H3N3O2/c7-9-8-3-6(13)14-10-4(11)1-2-5(10)12;1-3-4(5)6-2;1-8-3(7)2-5-6-4;3-5-4-1-2(6)7/h1-3H2;3H2,1-2H3;2H2,1H3;1H2,(H,6,7). The van der Waals surface area contributed by atoms with Gasteiger partial charge >= 0.3 is 23.9 Å². The minimum absolute atomic E-state index is 0.0353. The molecule has 0 radical (unpaired) electrons. The van der Waals surface area contributed by atoms with E-state index in [2.05, 4.69) is 44.4 Å². The van der Waals surface area contributed by atoms with Gasteiger partial charge in [-0.3, -0.25) is 24.0 Å². The predicted octanol–water partition coefficient (Wildman–Crippen LogP) is 1.32. The van der Waals surface area contributed by atoms with Gasteiger partial charge in [0.05, 0.1) is 14.2 Å². The lowest BCUT2D eigenvalue weighted by Crippen LogP contribution is -2.32. The number of azide groups is 3. The van der Waals surface area contributed by atoms with Gasteiger partial charge in [-0.15, -0.1) is 5.06 Å². The van der Waals surface area contributed by atoms with Gasteiger partial charge in [0.15, 0.2) is 0 Å². The van der Waals surface area contributed by atoms with E-state index in [0.29, 0.717) is 11.5 Å². The number of carboxylic acids is 1. The van der Waals surface area contributed by atoms with Crippen molar-refractivity contribution in [2.75, 3.05) is 33.9 Å². The van der Waals surface area contributed by atoms with Crippen LogP contribution in [0.2, 0.25) is 0 Å². The molecule has 0 saturated carbocycles. The van der Waals surface area contributed by atoms with E-state index < -0.39 is 42.8 Å². The van der Waals surface area contributed by atoms with Crippen LogP contribution in [-0.4, -0.2) is 79.7 Å². The summed E-state index contributed by atoms with van der Waals surface area (Å²) in [6.07, 6.45) is 0.539. The van der Waals surface area contributed by atoms with Crippen LogP contribution in [-0.2, 0) is 43.1 Å².